The maximum atomic E-state index is 12.9. The van der Waals surface area contributed by atoms with Crippen molar-refractivity contribution in [3.63, 3.8) is 0 Å². The quantitative estimate of drug-likeness (QED) is 0.487. The molecule has 2 aliphatic heterocycles. The molecule has 1 N–H and O–H groups in total. The molecular weight excluding hydrogens is 472 g/mol. The minimum absolute atomic E-state index is 0.00533. The summed E-state index contributed by atoms with van der Waals surface area (Å²) in [6.07, 6.45) is 15.0. The van der Waals surface area contributed by atoms with Crippen molar-refractivity contribution in [2.24, 2.45) is 0 Å². The van der Waals surface area contributed by atoms with Gasteiger partial charge >= 0.3 is 0 Å². The van der Waals surface area contributed by atoms with Gasteiger partial charge in [0, 0.05) is 30.8 Å². The Kier molecular flexibility index (Phi) is 8.32. The fourth-order valence-electron chi connectivity index (χ4n) is 7.14. The van der Waals surface area contributed by atoms with Crippen molar-refractivity contribution in [2.45, 2.75) is 101 Å². The summed E-state index contributed by atoms with van der Waals surface area (Å²) in [4.78, 5) is 15.8. The molecule has 38 heavy (non-hydrogen) atoms. The normalized spacial score (nSPS) is 26.6. The molecular formula is C33H44N2O3. The number of carbonyl (C=O) groups is 1. The molecule has 6 rings (SSSR count). The molecule has 0 spiro atoms. The van der Waals surface area contributed by atoms with Gasteiger partial charge in [0.25, 0.3) is 5.91 Å². The molecule has 0 radical (unpaired) electrons. The second-order valence-electron chi connectivity index (χ2n) is 12.0. The number of likely N-dealkylation sites (tertiary alicyclic amines) is 1. The summed E-state index contributed by atoms with van der Waals surface area (Å²) in [7, 11) is 0. The van der Waals surface area contributed by atoms with Crippen LogP contribution in [0.25, 0.3) is 0 Å². The Morgan fingerprint density at radius 2 is 1.79 bits per heavy atom. The van der Waals surface area contributed by atoms with Crippen molar-refractivity contribution in [2.75, 3.05) is 26.3 Å². The average molecular weight is 517 g/mol. The minimum Gasteiger partial charge on any atom is -0.491 e. The molecule has 2 heterocycles. The van der Waals surface area contributed by atoms with Gasteiger partial charge in [-0.3, -0.25) is 9.69 Å². The third kappa shape index (κ3) is 6.26. The van der Waals surface area contributed by atoms with Crippen LogP contribution in [-0.4, -0.2) is 55.3 Å². The monoisotopic (exact) mass is 516 g/mol. The standard InChI is InChI=1S/C33H44N2O3/c36-33(24-13-16-31(17-14-24)38-23-32-9-5-19-37-32)34-29-15-12-25-20-26(10-11-27(25)21-29)28-6-4-18-35(22-28)30-7-2-1-3-8-30/h10-11,13-14,16-17,20,28-30,32H,1-9,12,15,18-19,21-23H2,(H,34,36)/t28-,29-,32-/m0/s1. The van der Waals surface area contributed by atoms with E-state index < -0.39 is 0 Å². The van der Waals surface area contributed by atoms with Crippen molar-refractivity contribution in [1.82, 2.24) is 10.2 Å². The van der Waals surface area contributed by atoms with Crippen LogP contribution in [0.15, 0.2) is 42.5 Å². The van der Waals surface area contributed by atoms with Crippen LogP contribution in [0.5, 0.6) is 5.75 Å². The third-order valence-corrected chi connectivity index (χ3v) is 9.39. The van der Waals surface area contributed by atoms with Gasteiger partial charge in [-0.05, 0) is 111 Å². The van der Waals surface area contributed by atoms with Gasteiger partial charge in [0.05, 0.1) is 6.10 Å². The highest BCUT2D eigenvalue weighted by Gasteiger charge is 2.29. The lowest BCUT2D eigenvalue weighted by atomic mass is 9.82. The Balaban J connectivity index is 1.01. The highest BCUT2D eigenvalue weighted by molar-refractivity contribution is 5.94. The first-order valence-corrected chi connectivity index (χ1v) is 15.2. The SMILES string of the molecule is O=C(N[C@H]1CCc2cc([C@H]3CCCN(C4CCCCC4)C3)ccc2C1)c1ccc(OC[C@@H]2CCCO2)cc1. The van der Waals surface area contributed by atoms with Gasteiger partial charge in [-0.1, -0.05) is 37.5 Å². The molecule has 1 amide bonds. The number of aryl methyl sites for hydroxylation is 1. The zero-order valence-electron chi connectivity index (χ0n) is 22.8. The van der Waals surface area contributed by atoms with Gasteiger partial charge in [-0.15, -0.1) is 0 Å². The number of benzene rings is 2. The summed E-state index contributed by atoms with van der Waals surface area (Å²) in [5.74, 6) is 1.47. The third-order valence-electron chi connectivity index (χ3n) is 9.39. The summed E-state index contributed by atoms with van der Waals surface area (Å²) in [6, 6.07) is 15.8. The predicted molar refractivity (Wildman–Crippen MR) is 151 cm³/mol. The molecule has 1 saturated carbocycles. The first kappa shape index (κ1) is 25.9. The van der Waals surface area contributed by atoms with Crippen molar-refractivity contribution in [3.05, 3.63) is 64.7 Å². The lowest BCUT2D eigenvalue weighted by Crippen LogP contribution is -2.43. The van der Waals surface area contributed by atoms with Crippen LogP contribution in [0.4, 0.5) is 0 Å². The van der Waals surface area contributed by atoms with Crippen molar-refractivity contribution >= 4 is 5.91 Å². The molecule has 2 aromatic rings. The molecule has 2 aliphatic carbocycles. The van der Waals surface area contributed by atoms with Crippen LogP contribution in [0.1, 0.15) is 97.2 Å². The molecule has 0 aromatic heterocycles. The number of rotatable bonds is 7. The molecule has 2 aromatic carbocycles. The van der Waals surface area contributed by atoms with E-state index in [2.05, 4.69) is 28.4 Å². The largest absolute Gasteiger partial charge is 0.491 e. The predicted octanol–water partition coefficient (Wildman–Crippen LogP) is 6.04. The summed E-state index contributed by atoms with van der Waals surface area (Å²) >= 11 is 0. The Bertz CT molecular complexity index is 1070. The Morgan fingerprint density at radius 1 is 0.921 bits per heavy atom. The molecule has 3 fully saturated rings. The van der Waals surface area contributed by atoms with E-state index in [0.29, 0.717) is 18.1 Å². The summed E-state index contributed by atoms with van der Waals surface area (Å²) in [5, 5.41) is 3.29. The van der Waals surface area contributed by atoms with Crippen LogP contribution in [0.3, 0.4) is 0 Å². The average Bonchev–Trinajstić information content (AvgIpc) is 3.50. The van der Waals surface area contributed by atoms with Crippen LogP contribution in [0.2, 0.25) is 0 Å². The van der Waals surface area contributed by atoms with E-state index >= 15 is 0 Å². The van der Waals surface area contributed by atoms with Crippen LogP contribution >= 0.6 is 0 Å². The molecule has 5 nitrogen and oxygen atoms in total. The topological polar surface area (TPSA) is 50.8 Å². The number of piperidine rings is 1. The number of amides is 1. The van der Waals surface area contributed by atoms with Crippen molar-refractivity contribution < 1.29 is 14.3 Å². The zero-order chi connectivity index (χ0) is 25.7. The van der Waals surface area contributed by atoms with E-state index in [1.54, 1.807) is 0 Å². The van der Waals surface area contributed by atoms with Crippen LogP contribution in [0, 0.1) is 0 Å². The first-order valence-electron chi connectivity index (χ1n) is 15.2. The number of carbonyl (C=O) groups excluding carboxylic acids is 1. The number of hydrogen-bond donors (Lipinski definition) is 1. The Labute approximate surface area is 228 Å². The van der Waals surface area contributed by atoms with Gasteiger partial charge in [0.15, 0.2) is 0 Å². The second kappa shape index (κ2) is 12.2. The van der Waals surface area contributed by atoms with Crippen LogP contribution in [-0.2, 0) is 17.6 Å². The number of nitrogens with zero attached hydrogens (tertiary/aromatic N) is 1. The number of hydrogen-bond acceptors (Lipinski definition) is 4. The van der Waals surface area contributed by atoms with Gasteiger partial charge in [-0.2, -0.15) is 0 Å². The van der Waals surface area contributed by atoms with E-state index in [-0.39, 0.29) is 18.1 Å². The second-order valence-corrected chi connectivity index (χ2v) is 12.0. The number of fused-ring (bicyclic) bond motifs is 1. The highest BCUT2D eigenvalue weighted by atomic mass is 16.5. The summed E-state index contributed by atoms with van der Waals surface area (Å²) in [6.45, 7) is 3.94. The molecule has 2 saturated heterocycles. The number of nitrogens with one attached hydrogen (secondary N) is 1. The fraction of sp³-hybridized carbons (Fsp3) is 0.606. The summed E-state index contributed by atoms with van der Waals surface area (Å²) in [5.41, 5.74) is 5.13. The molecule has 4 aliphatic rings. The van der Waals surface area contributed by atoms with E-state index in [1.165, 1.54) is 74.7 Å². The number of ether oxygens (including phenoxy) is 2. The maximum absolute atomic E-state index is 12.9. The zero-order valence-corrected chi connectivity index (χ0v) is 22.8. The molecule has 5 heteroatoms. The molecule has 3 atom stereocenters. The van der Waals surface area contributed by atoms with E-state index in [4.69, 9.17) is 9.47 Å². The van der Waals surface area contributed by atoms with Gasteiger partial charge in [-0.25, -0.2) is 0 Å². The van der Waals surface area contributed by atoms with Crippen LogP contribution < -0.4 is 10.1 Å². The maximum Gasteiger partial charge on any atom is 0.251 e. The highest BCUT2D eigenvalue weighted by Crippen LogP contribution is 2.34. The molecule has 0 unspecified atom stereocenters. The van der Waals surface area contributed by atoms with Gasteiger partial charge < -0.3 is 14.8 Å². The Morgan fingerprint density at radius 3 is 2.61 bits per heavy atom. The van der Waals surface area contributed by atoms with Crippen molar-refractivity contribution in [1.29, 1.82) is 0 Å². The van der Waals surface area contributed by atoms with E-state index in [1.807, 2.05) is 24.3 Å². The lowest BCUT2D eigenvalue weighted by molar-refractivity contribution is 0.0679. The molecule has 204 valence electrons. The van der Waals surface area contributed by atoms with Crippen molar-refractivity contribution in [3.8, 4) is 5.75 Å². The minimum atomic E-state index is 0.00533. The summed E-state index contributed by atoms with van der Waals surface area (Å²) < 4.78 is 11.5. The van der Waals surface area contributed by atoms with Gasteiger partial charge in [0.2, 0.25) is 0 Å². The van der Waals surface area contributed by atoms with Gasteiger partial charge in [0.1, 0.15) is 12.4 Å². The Hall–Kier alpha value is -2.37. The van der Waals surface area contributed by atoms with E-state index in [9.17, 15) is 4.79 Å². The lowest BCUT2D eigenvalue weighted by Gasteiger charge is -2.40. The molecule has 0 bridgehead atoms. The smallest absolute Gasteiger partial charge is 0.251 e. The fourth-order valence-corrected chi connectivity index (χ4v) is 7.14. The van der Waals surface area contributed by atoms with E-state index in [0.717, 1.165) is 50.5 Å². The first-order chi connectivity index (χ1) is 18.7.